The minimum absolute atomic E-state index is 0.0878. The number of carbonyl (C=O) groups is 1. The molecule has 0 atom stereocenters. The van der Waals surface area contributed by atoms with Gasteiger partial charge in [-0.25, -0.2) is 9.78 Å². The van der Waals surface area contributed by atoms with Crippen LogP contribution in [-0.4, -0.2) is 46.8 Å². The molecule has 136 valence electrons. The normalized spacial score (nSPS) is 10.9. The minimum Gasteiger partial charge on any atom is -0.383 e. The Kier molecular flexibility index (Phi) is 7.01. The molecule has 0 aliphatic heterocycles. The molecular formula is C19H28N4O2. The third-order valence-electron chi connectivity index (χ3n) is 3.87. The zero-order chi connectivity index (χ0) is 18.2. The van der Waals surface area contributed by atoms with Crippen molar-refractivity contribution in [3.05, 3.63) is 53.6 Å². The Balaban J connectivity index is 2.09. The van der Waals surface area contributed by atoms with E-state index in [0.717, 1.165) is 12.4 Å². The molecule has 0 saturated heterocycles. The molecule has 6 nitrogen and oxygen atoms in total. The maximum absolute atomic E-state index is 12.4. The summed E-state index contributed by atoms with van der Waals surface area (Å²) in [7, 11) is 1.64. The molecule has 2 aromatic rings. The molecule has 0 unspecified atom stereocenters. The van der Waals surface area contributed by atoms with E-state index in [0.29, 0.717) is 19.7 Å². The van der Waals surface area contributed by atoms with Crippen molar-refractivity contribution in [1.82, 2.24) is 19.8 Å². The lowest BCUT2D eigenvalue weighted by molar-refractivity contribution is 0.143. The fraction of sp³-hybridized carbons (Fsp3) is 0.474. The summed E-state index contributed by atoms with van der Waals surface area (Å²) in [5.74, 6) is 0.857. The number of ether oxygens (including phenoxy) is 1. The summed E-state index contributed by atoms with van der Waals surface area (Å²) < 4.78 is 7.21. The molecule has 1 aromatic carbocycles. The molecule has 0 spiro atoms. The maximum atomic E-state index is 12.4. The fourth-order valence-corrected chi connectivity index (χ4v) is 2.49. The van der Waals surface area contributed by atoms with E-state index in [4.69, 9.17) is 4.74 Å². The molecule has 25 heavy (non-hydrogen) atoms. The van der Waals surface area contributed by atoms with Gasteiger partial charge in [0, 0.05) is 38.6 Å². The number of aryl methyl sites for hydroxylation is 1. The summed E-state index contributed by atoms with van der Waals surface area (Å²) in [6, 6.07) is 8.43. The van der Waals surface area contributed by atoms with E-state index in [1.54, 1.807) is 18.2 Å². The molecule has 1 heterocycles. The Hall–Kier alpha value is -2.34. The Morgan fingerprint density at radius 2 is 2.04 bits per heavy atom. The van der Waals surface area contributed by atoms with Crippen LogP contribution in [0.15, 0.2) is 36.7 Å². The molecule has 0 fully saturated rings. The van der Waals surface area contributed by atoms with Crippen LogP contribution in [0.3, 0.4) is 0 Å². The number of benzene rings is 1. The van der Waals surface area contributed by atoms with Crippen LogP contribution in [0.5, 0.6) is 0 Å². The van der Waals surface area contributed by atoms with Gasteiger partial charge in [-0.3, -0.25) is 0 Å². The van der Waals surface area contributed by atoms with Gasteiger partial charge in [0.05, 0.1) is 13.2 Å². The second kappa shape index (κ2) is 9.22. The number of aromatic nitrogens is 2. The standard InChI is InChI=1S/C19H28N4O2/c1-15(2)21-19(24)23(11-12-25-4)14-18-20-9-10-22(18)13-17-7-5-16(3)6-8-17/h5-10,15H,11-14H2,1-4H3,(H,21,24). The molecule has 1 N–H and O–H groups in total. The number of methoxy groups -OCH3 is 1. The van der Waals surface area contributed by atoms with Crippen molar-refractivity contribution in [1.29, 1.82) is 0 Å². The van der Waals surface area contributed by atoms with Gasteiger partial charge in [-0.2, -0.15) is 0 Å². The van der Waals surface area contributed by atoms with Gasteiger partial charge in [0.15, 0.2) is 0 Å². The SMILES string of the molecule is COCCN(Cc1nccn1Cc1ccc(C)cc1)C(=O)NC(C)C. The quantitative estimate of drug-likeness (QED) is 0.801. The number of carbonyl (C=O) groups excluding carboxylic acids is 1. The van der Waals surface area contributed by atoms with Gasteiger partial charge in [-0.15, -0.1) is 0 Å². The van der Waals surface area contributed by atoms with Crippen LogP contribution in [-0.2, 0) is 17.8 Å². The molecule has 0 saturated carbocycles. The average molecular weight is 344 g/mol. The number of nitrogens with zero attached hydrogens (tertiary/aromatic N) is 3. The number of hydrogen-bond donors (Lipinski definition) is 1. The summed E-state index contributed by atoms with van der Waals surface area (Å²) >= 11 is 0. The van der Waals surface area contributed by atoms with Gasteiger partial charge < -0.3 is 19.5 Å². The molecule has 0 radical (unpaired) electrons. The number of rotatable bonds is 8. The first-order valence-electron chi connectivity index (χ1n) is 8.59. The van der Waals surface area contributed by atoms with Gasteiger partial charge in [0.25, 0.3) is 0 Å². The van der Waals surface area contributed by atoms with Crippen molar-refractivity contribution in [2.45, 2.75) is 39.9 Å². The molecule has 6 heteroatoms. The summed E-state index contributed by atoms with van der Waals surface area (Å²) in [6.45, 7) is 8.17. The predicted octanol–water partition coefficient (Wildman–Crippen LogP) is 2.81. The van der Waals surface area contributed by atoms with Crippen molar-refractivity contribution in [3.8, 4) is 0 Å². The largest absolute Gasteiger partial charge is 0.383 e. The van der Waals surface area contributed by atoms with Gasteiger partial charge in [-0.1, -0.05) is 29.8 Å². The van der Waals surface area contributed by atoms with Crippen LogP contribution >= 0.6 is 0 Å². The highest BCUT2D eigenvalue weighted by atomic mass is 16.5. The zero-order valence-electron chi connectivity index (χ0n) is 15.5. The first-order chi connectivity index (χ1) is 12.0. The Morgan fingerprint density at radius 1 is 1.32 bits per heavy atom. The minimum atomic E-state index is -0.100. The topological polar surface area (TPSA) is 59.4 Å². The Bertz CT molecular complexity index is 664. The second-order valence-corrected chi connectivity index (χ2v) is 6.48. The predicted molar refractivity (Wildman–Crippen MR) is 98.5 cm³/mol. The Labute approximate surface area is 149 Å². The fourth-order valence-electron chi connectivity index (χ4n) is 2.49. The molecule has 2 rings (SSSR count). The first-order valence-corrected chi connectivity index (χ1v) is 8.59. The van der Waals surface area contributed by atoms with E-state index in [1.807, 2.05) is 20.0 Å². The lowest BCUT2D eigenvalue weighted by atomic mass is 10.1. The summed E-state index contributed by atoms with van der Waals surface area (Å²) in [5.41, 5.74) is 2.45. The third-order valence-corrected chi connectivity index (χ3v) is 3.87. The lowest BCUT2D eigenvalue weighted by Crippen LogP contribution is -2.44. The van der Waals surface area contributed by atoms with E-state index in [-0.39, 0.29) is 12.1 Å². The molecular weight excluding hydrogens is 316 g/mol. The van der Waals surface area contributed by atoms with Crippen LogP contribution in [0.4, 0.5) is 4.79 Å². The van der Waals surface area contributed by atoms with Crippen LogP contribution < -0.4 is 5.32 Å². The molecule has 1 aromatic heterocycles. The van der Waals surface area contributed by atoms with E-state index in [1.165, 1.54) is 11.1 Å². The van der Waals surface area contributed by atoms with Gasteiger partial charge >= 0.3 is 6.03 Å². The smallest absolute Gasteiger partial charge is 0.318 e. The molecule has 2 amide bonds. The van der Waals surface area contributed by atoms with E-state index >= 15 is 0 Å². The van der Waals surface area contributed by atoms with Gasteiger partial charge in [-0.05, 0) is 26.3 Å². The highest BCUT2D eigenvalue weighted by Crippen LogP contribution is 2.10. The maximum Gasteiger partial charge on any atom is 0.318 e. The van der Waals surface area contributed by atoms with Crippen molar-refractivity contribution in [2.24, 2.45) is 0 Å². The average Bonchev–Trinajstić information content (AvgIpc) is 2.99. The first kappa shape index (κ1) is 19.0. The second-order valence-electron chi connectivity index (χ2n) is 6.48. The van der Waals surface area contributed by atoms with Crippen LogP contribution in [0.25, 0.3) is 0 Å². The van der Waals surface area contributed by atoms with Crippen LogP contribution in [0, 0.1) is 6.92 Å². The van der Waals surface area contributed by atoms with Gasteiger partial charge in [0.2, 0.25) is 0 Å². The summed E-state index contributed by atoms with van der Waals surface area (Å²) in [4.78, 5) is 18.6. The molecule has 0 aliphatic rings. The van der Waals surface area contributed by atoms with E-state index in [2.05, 4.69) is 46.1 Å². The highest BCUT2D eigenvalue weighted by Gasteiger charge is 2.17. The lowest BCUT2D eigenvalue weighted by Gasteiger charge is -2.24. The third kappa shape index (κ3) is 5.90. The number of imidazole rings is 1. The van der Waals surface area contributed by atoms with E-state index < -0.39 is 0 Å². The van der Waals surface area contributed by atoms with Crippen LogP contribution in [0.1, 0.15) is 30.8 Å². The monoisotopic (exact) mass is 344 g/mol. The van der Waals surface area contributed by atoms with Crippen molar-refractivity contribution in [2.75, 3.05) is 20.3 Å². The number of amides is 2. The summed E-state index contributed by atoms with van der Waals surface area (Å²) in [6.07, 6.45) is 3.72. The van der Waals surface area contributed by atoms with Crippen molar-refractivity contribution in [3.63, 3.8) is 0 Å². The van der Waals surface area contributed by atoms with Crippen molar-refractivity contribution >= 4 is 6.03 Å². The Morgan fingerprint density at radius 3 is 2.68 bits per heavy atom. The van der Waals surface area contributed by atoms with E-state index in [9.17, 15) is 4.79 Å². The number of nitrogens with one attached hydrogen (secondary N) is 1. The molecule has 0 bridgehead atoms. The summed E-state index contributed by atoms with van der Waals surface area (Å²) in [5, 5.41) is 2.93. The van der Waals surface area contributed by atoms with Crippen LogP contribution in [0.2, 0.25) is 0 Å². The zero-order valence-corrected chi connectivity index (χ0v) is 15.5. The number of hydrogen-bond acceptors (Lipinski definition) is 3. The molecule has 0 aliphatic carbocycles. The van der Waals surface area contributed by atoms with Gasteiger partial charge in [0.1, 0.15) is 5.82 Å². The van der Waals surface area contributed by atoms with Crippen molar-refractivity contribution < 1.29 is 9.53 Å². The highest BCUT2D eigenvalue weighted by molar-refractivity contribution is 5.74. The number of urea groups is 1.